The Bertz CT molecular complexity index is 511. The van der Waals surface area contributed by atoms with Crippen LogP contribution in [0.4, 0.5) is 8.78 Å². The highest BCUT2D eigenvalue weighted by Gasteiger charge is 2.16. The molecule has 0 aliphatic rings. The Kier molecular flexibility index (Phi) is 5.06. The number of carbonyl (C=O) groups excluding carboxylic acids is 1. The van der Waals surface area contributed by atoms with Crippen molar-refractivity contribution in [1.82, 2.24) is 0 Å². The van der Waals surface area contributed by atoms with Crippen LogP contribution in [0.3, 0.4) is 0 Å². The molecule has 0 aromatic heterocycles. The Morgan fingerprint density at radius 1 is 1.53 bits per heavy atom. The quantitative estimate of drug-likeness (QED) is 0.828. The average Bonchev–Trinajstić information content (AvgIpc) is 2.32. The van der Waals surface area contributed by atoms with Gasteiger partial charge in [0.2, 0.25) is 0 Å². The van der Waals surface area contributed by atoms with E-state index in [0.717, 1.165) is 12.1 Å². The summed E-state index contributed by atoms with van der Waals surface area (Å²) in [5.74, 6) is -1.39. The number of nitriles is 1. The standard InChI is InChI=1S/C12H11F2NO4/c1-2-18-10(16)5-7-3-9(19-12(13)14)4-8(6-15)11(7)17/h3-4,12,17H,2,5H2,1H3. The number of hydrogen-bond acceptors (Lipinski definition) is 5. The number of esters is 1. The van der Waals surface area contributed by atoms with Gasteiger partial charge in [-0.2, -0.15) is 14.0 Å². The van der Waals surface area contributed by atoms with Crippen LogP contribution in [0.2, 0.25) is 0 Å². The predicted octanol–water partition coefficient (Wildman–Crippen LogP) is 1.97. The molecule has 0 fully saturated rings. The van der Waals surface area contributed by atoms with Crippen LogP contribution in [-0.4, -0.2) is 24.3 Å². The van der Waals surface area contributed by atoms with Gasteiger partial charge in [-0.15, -0.1) is 0 Å². The van der Waals surface area contributed by atoms with E-state index >= 15 is 0 Å². The number of phenols is 1. The zero-order valence-electron chi connectivity index (χ0n) is 10.0. The predicted molar refractivity (Wildman–Crippen MR) is 59.8 cm³/mol. The molecule has 1 rings (SSSR count). The van der Waals surface area contributed by atoms with E-state index in [1.54, 1.807) is 13.0 Å². The highest BCUT2D eigenvalue weighted by Crippen LogP contribution is 2.29. The molecule has 0 bridgehead atoms. The van der Waals surface area contributed by atoms with E-state index in [0.29, 0.717) is 0 Å². The van der Waals surface area contributed by atoms with Crippen molar-refractivity contribution >= 4 is 5.97 Å². The second-order valence-corrected chi connectivity index (χ2v) is 3.45. The maximum Gasteiger partial charge on any atom is 0.387 e. The van der Waals surface area contributed by atoms with Crippen LogP contribution in [0.1, 0.15) is 18.1 Å². The monoisotopic (exact) mass is 271 g/mol. The number of carbonyl (C=O) groups is 1. The Morgan fingerprint density at radius 3 is 2.74 bits per heavy atom. The number of ether oxygens (including phenoxy) is 2. The van der Waals surface area contributed by atoms with E-state index in [2.05, 4.69) is 9.47 Å². The number of benzene rings is 1. The lowest BCUT2D eigenvalue weighted by Gasteiger charge is -2.10. The molecule has 0 saturated carbocycles. The lowest BCUT2D eigenvalue weighted by atomic mass is 10.1. The SMILES string of the molecule is CCOC(=O)Cc1cc(OC(F)F)cc(C#N)c1O. The Morgan fingerprint density at radius 2 is 2.21 bits per heavy atom. The topological polar surface area (TPSA) is 79.5 Å². The van der Waals surface area contributed by atoms with Crippen LogP contribution in [0.5, 0.6) is 11.5 Å². The molecule has 0 atom stereocenters. The minimum absolute atomic E-state index is 0.00634. The zero-order chi connectivity index (χ0) is 14.4. The van der Waals surface area contributed by atoms with Crippen molar-refractivity contribution in [2.24, 2.45) is 0 Å². The van der Waals surface area contributed by atoms with Crippen LogP contribution in [0.25, 0.3) is 0 Å². The molecule has 0 spiro atoms. The number of halogens is 2. The Labute approximate surface area is 108 Å². The summed E-state index contributed by atoms with van der Waals surface area (Å²) in [4.78, 5) is 11.3. The van der Waals surface area contributed by atoms with E-state index in [4.69, 9.17) is 5.26 Å². The van der Waals surface area contributed by atoms with E-state index < -0.39 is 18.3 Å². The van der Waals surface area contributed by atoms with Gasteiger partial charge in [0.1, 0.15) is 17.6 Å². The summed E-state index contributed by atoms with van der Waals surface area (Å²) >= 11 is 0. The van der Waals surface area contributed by atoms with Crippen molar-refractivity contribution in [2.45, 2.75) is 20.0 Å². The first-order valence-electron chi connectivity index (χ1n) is 5.34. The van der Waals surface area contributed by atoms with Crippen molar-refractivity contribution in [2.75, 3.05) is 6.61 Å². The van der Waals surface area contributed by atoms with E-state index in [9.17, 15) is 18.7 Å². The molecule has 19 heavy (non-hydrogen) atoms. The molecule has 5 nitrogen and oxygen atoms in total. The number of hydrogen-bond donors (Lipinski definition) is 1. The maximum atomic E-state index is 12.1. The molecule has 7 heteroatoms. The van der Waals surface area contributed by atoms with Gasteiger partial charge in [0, 0.05) is 11.6 Å². The van der Waals surface area contributed by atoms with Crippen LogP contribution in [0, 0.1) is 11.3 Å². The molecular formula is C12H11F2NO4. The van der Waals surface area contributed by atoms with Gasteiger partial charge >= 0.3 is 12.6 Å². The van der Waals surface area contributed by atoms with E-state index in [1.165, 1.54) is 0 Å². The van der Waals surface area contributed by atoms with Gasteiger partial charge < -0.3 is 14.6 Å². The lowest BCUT2D eigenvalue weighted by molar-refractivity contribution is -0.142. The molecule has 1 aromatic carbocycles. The summed E-state index contributed by atoms with van der Waals surface area (Å²) in [7, 11) is 0. The molecule has 102 valence electrons. The molecule has 0 amide bonds. The molecule has 1 aromatic rings. The first-order chi connectivity index (χ1) is 8.97. The molecule has 0 aliphatic heterocycles. The van der Waals surface area contributed by atoms with Crippen LogP contribution in [0.15, 0.2) is 12.1 Å². The summed E-state index contributed by atoms with van der Waals surface area (Å²) < 4.78 is 33.0. The molecule has 0 aliphatic carbocycles. The van der Waals surface area contributed by atoms with Gasteiger partial charge in [-0.05, 0) is 13.0 Å². The highest BCUT2D eigenvalue weighted by atomic mass is 19.3. The number of phenolic OH excluding ortho intramolecular Hbond substituents is 1. The number of rotatable bonds is 5. The smallest absolute Gasteiger partial charge is 0.387 e. The second-order valence-electron chi connectivity index (χ2n) is 3.45. The summed E-state index contributed by atoms with van der Waals surface area (Å²) in [5, 5.41) is 18.5. The number of nitrogens with zero attached hydrogens (tertiary/aromatic N) is 1. The summed E-state index contributed by atoms with van der Waals surface area (Å²) in [6.45, 7) is -1.31. The minimum Gasteiger partial charge on any atom is -0.506 e. The van der Waals surface area contributed by atoms with Crippen molar-refractivity contribution in [1.29, 1.82) is 5.26 Å². The van der Waals surface area contributed by atoms with Gasteiger partial charge in [-0.3, -0.25) is 4.79 Å². The minimum atomic E-state index is -3.06. The summed E-state index contributed by atoms with van der Waals surface area (Å²) in [6, 6.07) is 3.66. The zero-order valence-corrected chi connectivity index (χ0v) is 10.0. The van der Waals surface area contributed by atoms with Crippen molar-refractivity contribution in [3.8, 4) is 17.6 Å². The second kappa shape index (κ2) is 6.54. The third-order valence-electron chi connectivity index (χ3n) is 2.15. The Balaban J connectivity index is 3.08. The maximum absolute atomic E-state index is 12.1. The number of alkyl halides is 2. The third-order valence-corrected chi connectivity index (χ3v) is 2.15. The van der Waals surface area contributed by atoms with Crippen LogP contribution in [-0.2, 0) is 16.0 Å². The largest absolute Gasteiger partial charge is 0.506 e. The number of aromatic hydroxyl groups is 1. The fourth-order valence-electron chi connectivity index (χ4n) is 1.42. The third kappa shape index (κ3) is 4.10. The molecule has 1 N–H and O–H groups in total. The van der Waals surface area contributed by atoms with Gasteiger partial charge in [0.25, 0.3) is 0 Å². The van der Waals surface area contributed by atoms with Crippen molar-refractivity contribution < 1.29 is 28.2 Å². The first-order valence-corrected chi connectivity index (χ1v) is 5.34. The first kappa shape index (κ1) is 14.7. The van der Waals surface area contributed by atoms with Gasteiger partial charge in [-0.1, -0.05) is 0 Å². The van der Waals surface area contributed by atoms with Crippen LogP contribution < -0.4 is 4.74 Å². The van der Waals surface area contributed by atoms with Gasteiger partial charge in [0.05, 0.1) is 18.6 Å². The fourth-order valence-corrected chi connectivity index (χ4v) is 1.42. The molecular weight excluding hydrogens is 260 g/mol. The fraction of sp³-hybridized carbons (Fsp3) is 0.333. The normalized spacial score (nSPS) is 10.1. The summed E-state index contributed by atoms with van der Waals surface area (Å²) in [5.41, 5.74) is -0.259. The molecule has 0 saturated heterocycles. The van der Waals surface area contributed by atoms with Crippen LogP contribution >= 0.6 is 0 Å². The summed E-state index contributed by atoms with van der Waals surface area (Å²) in [6.07, 6.45) is -0.339. The Hall–Kier alpha value is -2.36. The van der Waals surface area contributed by atoms with Gasteiger partial charge in [0.15, 0.2) is 0 Å². The molecule has 0 heterocycles. The highest BCUT2D eigenvalue weighted by molar-refractivity contribution is 5.74. The molecule has 0 unspecified atom stereocenters. The van der Waals surface area contributed by atoms with Crippen molar-refractivity contribution in [3.05, 3.63) is 23.3 Å². The molecule has 0 radical (unpaired) electrons. The average molecular weight is 271 g/mol. The lowest BCUT2D eigenvalue weighted by Crippen LogP contribution is -2.09. The van der Waals surface area contributed by atoms with Gasteiger partial charge in [-0.25, -0.2) is 0 Å². The van der Waals surface area contributed by atoms with E-state index in [-0.39, 0.29) is 29.9 Å². The van der Waals surface area contributed by atoms with E-state index in [1.807, 2.05) is 0 Å². The van der Waals surface area contributed by atoms with Crippen molar-refractivity contribution in [3.63, 3.8) is 0 Å².